The van der Waals surface area contributed by atoms with Crippen LogP contribution >= 0.6 is 0 Å². The molecule has 2 aromatic rings. The van der Waals surface area contributed by atoms with Gasteiger partial charge in [0.1, 0.15) is 11.8 Å². The molecule has 0 radical (unpaired) electrons. The summed E-state index contributed by atoms with van der Waals surface area (Å²) < 4.78 is 78.2. The summed E-state index contributed by atoms with van der Waals surface area (Å²) in [5, 5.41) is 5.29. The summed E-state index contributed by atoms with van der Waals surface area (Å²) in [5.74, 6) is 0.0464. The highest BCUT2D eigenvalue weighted by atomic mass is 32.2. The number of hydrogen-bond acceptors (Lipinski definition) is 6. The third-order valence-corrected chi connectivity index (χ3v) is 9.08. The van der Waals surface area contributed by atoms with Crippen molar-refractivity contribution in [3.63, 3.8) is 0 Å². The van der Waals surface area contributed by atoms with Gasteiger partial charge in [-0.3, -0.25) is 4.79 Å². The van der Waals surface area contributed by atoms with E-state index in [1.807, 2.05) is 0 Å². The smallest absolute Gasteiger partial charge is 0.416 e. The SMILES string of the molecule is O=C(NCC1CCCO1)C1CN(C(=O)Nc2ccc(C(F)(F)F)cc2)CCN1S(=O)(=O)c1ccc2c(c1)CCO2. The van der Waals surface area contributed by atoms with Crippen LogP contribution in [0.25, 0.3) is 0 Å². The quantitative estimate of drug-likeness (QED) is 0.541. The van der Waals surface area contributed by atoms with E-state index in [0.29, 0.717) is 25.4 Å². The number of nitrogens with zero attached hydrogens (tertiary/aromatic N) is 2. The van der Waals surface area contributed by atoms with Crippen LogP contribution < -0.4 is 15.4 Å². The summed E-state index contributed by atoms with van der Waals surface area (Å²) in [6.07, 6.45) is -2.48. The van der Waals surface area contributed by atoms with Gasteiger partial charge in [0.25, 0.3) is 0 Å². The standard InChI is InChI=1S/C26H29F3N4O6S/c27-26(28,29)18-3-5-19(6-4-18)31-25(35)32-10-11-33(22(16-32)24(34)30-15-20-2-1-12-38-20)40(36,37)21-7-8-23-17(14-21)9-13-39-23/h3-8,14,20,22H,1-2,9-13,15-16H2,(H,30,34)(H,31,35). The first kappa shape index (κ1) is 28.2. The van der Waals surface area contributed by atoms with E-state index in [2.05, 4.69) is 10.6 Å². The Hall–Kier alpha value is -3.36. The maximum Gasteiger partial charge on any atom is 0.416 e. The van der Waals surface area contributed by atoms with Gasteiger partial charge in [0.2, 0.25) is 15.9 Å². The minimum absolute atomic E-state index is 0.0244. The second kappa shape index (κ2) is 11.3. The Balaban J connectivity index is 1.33. The lowest BCUT2D eigenvalue weighted by molar-refractivity contribution is -0.137. The molecule has 40 heavy (non-hydrogen) atoms. The summed E-state index contributed by atoms with van der Waals surface area (Å²) in [5.41, 5.74) is 0.0354. The summed E-state index contributed by atoms with van der Waals surface area (Å²) >= 11 is 0. The summed E-state index contributed by atoms with van der Waals surface area (Å²) in [7, 11) is -4.12. The van der Waals surface area contributed by atoms with Crippen LogP contribution in [0.2, 0.25) is 0 Å². The van der Waals surface area contributed by atoms with Crippen LogP contribution in [-0.4, -0.2) is 81.1 Å². The Morgan fingerprint density at radius 3 is 2.52 bits per heavy atom. The molecule has 2 atom stereocenters. The zero-order chi connectivity index (χ0) is 28.5. The highest BCUT2D eigenvalue weighted by Gasteiger charge is 2.42. The normalized spacial score (nSPS) is 21.5. The van der Waals surface area contributed by atoms with Gasteiger partial charge in [-0.05, 0) is 60.9 Å². The molecule has 216 valence electrons. The van der Waals surface area contributed by atoms with E-state index >= 15 is 0 Å². The van der Waals surface area contributed by atoms with Gasteiger partial charge in [-0.2, -0.15) is 17.5 Å². The molecule has 0 bridgehead atoms. The number of fused-ring (bicyclic) bond motifs is 1. The van der Waals surface area contributed by atoms with Crippen molar-refractivity contribution in [3.8, 4) is 5.75 Å². The molecule has 3 aliphatic heterocycles. The van der Waals surface area contributed by atoms with Crippen molar-refractivity contribution in [2.75, 3.05) is 44.7 Å². The Labute approximate surface area is 229 Å². The predicted molar refractivity (Wildman–Crippen MR) is 137 cm³/mol. The Kier molecular flexibility index (Phi) is 7.93. The molecule has 2 fully saturated rings. The highest BCUT2D eigenvalue weighted by Crippen LogP contribution is 2.31. The van der Waals surface area contributed by atoms with Crippen molar-refractivity contribution in [2.24, 2.45) is 0 Å². The van der Waals surface area contributed by atoms with E-state index in [1.165, 1.54) is 11.0 Å². The second-order valence-electron chi connectivity index (χ2n) is 9.83. The van der Waals surface area contributed by atoms with Crippen molar-refractivity contribution < 1.29 is 40.7 Å². The zero-order valence-corrected chi connectivity index (χ0v) is 22.3. The Morgan fingerprint density at radius 2 is 1.82 bits per heavy atom. The number of anilines is 1. The van der Waals surface area contributed by atoms with Gasteiger partial charge in [0, 0.05) is 44.9 Å². The van der Waals surface area contributed by atoms with Crippen LogP contribution in [0.15, 0.2) is 47.4 Å². The first-order chi connectivity index (χ1) is 19.0. The van der Waals surface area contributed by atoms with E-state index in [0.717, 1.165) is 47.0 Å². The molecule has 0 spiro atoms. The van der Waals surface area contributed by atoms with E-state index in [-0.39, 0.29) is 42.9 Å². The summed E-state index contributed by atoms with van der Waals surface area (Å²) in [6, 6.07) is 6.64. The van der Waals surface area contributed by atoms with Crippen LogP contribution in [0.3, 0.4) is 0 Å². The van der Waals surface area contributed by atoms with Gasteiger partial charge in [-0.25, -0.2) is 13.2 Å². The minimum atomic E-state index is -4.51. The third kappa shape index (κ3) is 6.03. The molecular formula is C26H29F3N4O6S. The Morgan fingerprint density at radius 1 is 1.05 bits per heavy atom. The molecule has 5 rings (SSSR count). The Bertz CT molecular complexity index is 1360. The number of urea groups is 1. The van der Waals surface area contributed by atoms with E-state index in [4.69, 9.17) is 9.47 Å². The van der Waals surface area contributed by atoms with Crippen molar-refractivity contribution in [2.45, 2.75) is 42.5 Å². The molecule has 0 aromatic heterocycles. The maximum atomic E-state index is 13.7. The van der Waals surface area contributed by atoms with E-state index in [1.54, 1.807) is 12.1 Å². The largest absolute Gasteiger partial charge is 0.493 e. The van der Waals surface area contributed by atoms with Crippen LogP contribution in [0.5, 0.6) is 5.75 Å². The predicted octanol–water partition coefficient (Wildman–Crippen LogP) is 2.84. The van der Waals surface area contributed by atoms with Gasteiger partial charge in [0.05, 0.1) is 23.2 Å². The van der Waals surface area contributed by atoms with Gasteiger partial charge in [-0.1, -0.05) is 0 Å². The number of ether oxygens (including phenoxy) is 2. The minimum Gasteiger partial charge on any atom is -0.493 e. The first-order valence-corrected chi connectivity index (χ1v) is 14.4. The highest BCUT2D eigenvalue weighted by molar-refractivity contribution is 7.89. The molecule has 2 saturated heterocycles. The van der Waals surface area contributed by atoms with Crippen molar-refractivity contribution >= 4 is 27.6 Å². The maximum absolute atomic E-state index is 13.7. The first-order valence-electron chi connectivity index (χ1n) is 12.9. The number of nitrogens with one attached hydrogen (secondary N) is 2. The molecule has 0 aliphatic carbocycles. The number of benzene rings is 2. The number of rotatable bonds is 6. The number of sulfonamides is 1. The number of halogens is 3. The molecule has 3 heterocycles. The lowest BCUT2D eigenvalue weighted by atomic mass is 10.2. The number of amides is 3. The fourth-order valence-corrected chi connectivity index (χ4v) is 6.61. The molecule has 3 aliphatic rings. The molecule has 3 amide bonds. The molecule has 10 nitrogen and oxygen atoms in total. The van der Waals surface area contributed by atoms with Gasteiger partial charge < -0.3 is 25.0 Å². The fraction of sp³-hybridized carbons (Fsp3) is 0.462. The van der Waals surface area contributed by atoms with Gasteiger partial charge in [-0.15, -0.1) is 0 Å². The van der Waals surface area contributed by atoms with Crippen LogP contribution in [0.1, 0.15) is 24.0 Å². The molecule has 2 aromatic carbocycles. The average Bonchev–Trinajstić information content (AvgIpc) is 3.63. The van der Waals surface area contributed by atoms with Crippen molar-refractivity contribution in [1.29, 1.82) is 0 Å². The number of hydrogen-bond donors (Lipinski definition) is 2. The van der Waals surface area contributed by atoms with Gasteiger partial charge >= 0.3 is 12.2 Å². The van der Waals surface area contributed by atoms with Crippen LogP contribution in [0, 0.1) is 0 Å². The number of piperazine rings is 1. The molecule has 2 N–H and O–H groups in total. The number of alkyl halides is 3. The van der Waals surface area contributed by atoms with E-state index in [9.17, 15) is 31.2 Å². The van der Waals surface area contributed by atoms with Crippen molar-refractivity contribution in [1.82, 2.24) is 14.5 Å². The average molecular weight is 583 g/mol. The second-order valence-corrected chi connectivity index (χ2v) is 11.7. The monoisotopic (exact) mass is 582 g/mol. The zero-order valence-electron chi connectivity index (χ0n) is 21.4. The molecule has 0 saturated carbocycles. The van der Waals surface area contributed by atoms with E-state index < -0.39 is 39.7 Å². The summed E-state index contributed by atoms with van der Waals surface area (Å²) in [6.45, 7) is 0.808. The van der Waals surface area contributed by atoms with Crippen LogP contribution in [-0.2, 0) is 32.2 Å². The molecular weight excluding hydrogens is 553 g/mol. The lowest BCUT2D eigenvalue weighted by Crippen LogP contribution is -2.62. The number of carbonyl (C=O) groups excluding carboxylic acids is 2. The topological polar surface area (TPSA) is 117 Å². The molecule has 14 heteroatoms. The summed E-state index contributed by atoms with van der Waals surface area (Å²) in [4.78, 5) is 27.6. The third-order valence-electron chi connectivity index (χ3n) is 7.18. The fourth-order valence-electron chi connectivity index (χ4n) is 4.99. The van der Waals surface area contributed by atoms with Crippen molar-refractivity contribution in [3.05, 3.63) is 53.6 Å². The molecule has 2 unspecified atom stereocenters. The van der Waals surface area contributed by atoms with Gasteiger partial charge in [0.15, 0.2) is 0 Å². The van der Waals surface area contributed by atoms with Crippen LogP contribution in [0.4, 0.5) is 23.7 Å². The lowest BCUT2D eigenvalue weighted by Gasteiger charge is -2.39. The number of carbonyl (C=O) groups is 2.